The molecule has 0 bridgehead atoms. The molecule has 3 aromatic rings. The van der Waals surface area contributed by atoms with E-state index in [0.29, 0.717) is 6.07 Å². The first-order chi connectivity index (χ1) is 22.7. The third kappa shape index (κ3) is 5.24. The molecule has 2 aromatic heterocycles. The van der Waals surface area contributed by atoms with Crippen LogP contribution in [-0.4, -0.2) is 91.6 Å². The number of β-lactam (4-membered cyclic amide) rings is 1. The van der Waals surface area contributed by atoms with Crippen LogP contribution < -0.4 is 16.1 Å². The summed E-state index contributed by atoms with van der Waals surface area (Å²) in [6.45, 7) is 2.79. The molecular formula is C31H28F3N5O9. The van der Waals surface area contributed by atoms with Crippen molar-refractivity contribution in [2.75, 3.05) is 19.7 Å². The normalized spacial score (nSPS) is 24.0. The molecule has 0 spiro atoms. The van der Waals surface area contributed by atoms with Gasteiger partial charge in [0.25, 0.3) is 0 Å². The predicted molar refractivity (Wildman–Crippen MR) is 158 cm³/mol. The number of ether oxygens (including phenoxy) is 1. The van der Waals surface area contributed by atoms with Crippen LogP contribution in [0.4, 0.5) is 18.0 Å². The highest BCUT2D eigenvalue weighted by molar-refractivity contribution is 6.00. The fraction of sp³-hybridized carbons (Fsp3) is 0.355. The number of nitrogens with one attached hydrogen (secondary N) is 2. The van der Waals surface area contributed by atoms with Crippen molar-refractivity contribution in [3.05, 3.63) is 75.0 Å². The molecule has 1 aromatic carbocycles. The van der Waals surface area contributed by atoms with E-state index in [1.165, 1.54) is 11.5 Å². The predicted octanol–water partition coefficient (Wildman–Crippen LogP) is 1.61. The number of pyridine rings is 2. The molecule has 2 saturated heterocycles. The van der Waals surface area contributed by atoms with Crippen LogP contribution in [0.15, 0.2) is 46.5 Å². The number of aliphatic carboxylic acids is 1. The van der Waals surface area contributed by atoms with E-state index in [9.17, 15) is 48.1 Å². The van der Waals surface area contributed by atoms with Gasteiger partial charge in [-0.3, -0.25) is 9.59 Å². The molecule has 2 fully saturated rings. The first-order valence-corrected chi connectivity index (χ1v) is 14.8. The van der Waals surface area contributed by atoms with Crippen molar-refractivity contribution in [3.63, 3.8) is 0 Å². The van der Waals surface area contributed by atoms with Gasteiger partial charge in [-0.05, 0) is 25.1 Å². The molecule has 252 valence electrons. The number of benzene rings is 1. The van der Waals surface area contributed by atoms with Gasteiger partial charge in [0, 0.05) is 42.4 Å². The number of hydrogen-bond acceptors (Lipinski definition) is 9. The number of aromatic carboxylic acids is 1. The number of carboxylic acids is 2. The number of rotatable bonds is 8. The fourth-order valence-electron chi connectivity index (χ4n) is 6.80. The molecule has 5 heterocycles. The minimum absolute atomic E-state index is 0.0894. The van der Waals surface area contributed by atoms with Crippen molar-refractivity contribution in [2.45, 2.75) is 38.1 Å². The summed E-state index contributed by atoms with van der Waals surface area (Å²) in [5, 5.41) is 34.8. The van der Waals surface area contributed by atoms with E-state index in [-0.39, 0.29) is 30.0 Å². The van der Waals surface area contributed by atoms with Crippen molar-refractivity contribution >= 4 is 35.0 Å². The molecule has 48 heavy (non-hydrogen) atoms. The van der Waals surface area contributed by atoms with Crippen LogP contribution in [-0.2, 0) is 14.3 Å². The van der Waals surface area contributed by atoms with E-state index in [1.54, 1.807) is 6.92 Å². The van der Waals surface area contributed by atoms with Gasteiger partial charge in [-0.1, -0.05) is 6.92 Å². The Morgan fingerprint density at radius 3 is 2.48 bits per heavy atom. The van der Waals surface area contributed by atoms with Crippen LogP contribution in [0.5, 0.6) is 0 Å². The van der Waals surface area contributed by atoms with E-state index in [0.717, 1.165) is 29.3 Å². The van der Waals surface area contributed by atoms with E-state index in [1.807, 2.05) is 0 Å². The Hall–Kier alpha value is -5.29. The molecule has 6 atom stereocenters. The number of hydrogen-bond donors (Lipinski definition) is 5. The van der Waals surface area contributed by atoms with Gasteiger partial charge >= 0.3 is 18.0 Å². The van der Waals surface area contributed by atoms with Crippen LogP contribution in [0.3, 0.4) is 0 Å². The summed E-state index contributed by atoms with van der Waals surface area (Å²) in [4.78, 5) is 67.9. The molecule has 14 nitrogen and oxygen atoms in total. The number of fused-ring (bicyclic) bond motifs is 2. The minimum atomic E-state index is -1.62. The van der Waals surface area contributed by atoms with Crippen LogP contribution >= 0.6 is 0 Å². The number of aliphatic hydroxyl groups excluding tert-OH is 1. The number of aliphatic hydroxyl groups is 1. The number of aromatic nitrogens is 2. The largest absolute Gasteiger partial charge is 0.477 e. The number of carboxylic acid groups (broad SMARTS) is 2. The Morgan fingerprint density at radius 1 is 1.10 bits per heavy atom. The van der Waals surface area contributed by atoms with Gasteiger partial charge in [-0.25, -0.2) is 32.5 Å². The summed E-state index contributed by atoms with van der Waals surface area (Å²) in [5.74, 6) is -8.13. The number of nitrogens with zero attached hydrogens (tertiary/aromatic N) is 3. The molecule has 3 aliphatic rings. The Balaban J connectivity index is 1.30. The van der Waals surface area contributed by atoms with E-state index in [2.05, 4.69) is 15.6 Å². The van der Waals surface area contributed by atoms with Crippen molar-refractivity contribution in [2.24, 2.45) is 11.8 Å². The van der Waals surface area contributed by atoms with Crippen molar-refractivity contribution in [3.8, 4) is 11.3 Å². The average Bonchev–Trinajstić information content (AvgIpc) is 3.56. The molecule has 1 unspecified atom stereocenters. The topological polar surface area (TPSA) is 200 Å². The third-order valence-corrected chi connectivity index (χ3v) is 9.09. The number of carbonyl (C=O) groups excluding carboxylic acids is 2. The van der Waals surface area contributed by atoms with Crippen LogP contribution in [0.1, 0.15) is 30.2 Å². The van der Waals surface area contributed by atoms with E-state index in [4.69, 9.17) is 4.74 Å². The molecule has 0 radical (unpaired) electrons. The maximum atomic E-state index is 15.2. The monoisotopic (exact) mass is 671 g/mol. The standard InChI is InChI=1S/C31H28F3N5O9/c1-11-17(25(30(45)46)39-24(11)22(12(2)40)28(39)42)10-48-31(47)36-20-7-35-8-21(20)38-9-16(29(43)44)26(41)15-6-19(34)23(37-27(15)38)14-4-3-13(32)5-18(14)33/h3-6,9,11-12,20-22,24,35,40H,7-8,10H2,1-2H3,(H,36,47)(H,43,44)(H,45,46)/t11-,12+,20?,21-,22-,24+/m0/s1. The lowest BCUT2D eigenvalue weighted by Gasteiger charge is -2.46. The van der Waals surface area contributed by atoms with Gasteiger partial charge in [-0.15, -0.1) is 0 Å². The number of carbonyl (C=O) groups is 4. The molecule has 17 heteroatoms. The summed E-state index contributed by atoms with van der Waals surface area (Å²) < 4.78 is 50.0. The zero-order valence-corrected chi connectivity index (χ0v) is 25.2. The summed E-state index contributed by atoms with van der Waals surface area (Å²) in [6, 6.07) is 0.789. The number of amides is 2. The average molecular weight is 672 g/mol. The summed E-state index contributed by atoms with van der Waals surface area (Å²) in [6.07, 6.45) is -1.04. The quantitative estimate of drug-likeness (QED) is 0.218. The SMILES string of the molecule is C[C@@H](O)[C@@H]1C(=O)N2C(C(=O)O)=C(COC(=O)NC3CNC[C@@H]3n3cc(C(=O)O)c(=O)c4cc(F)c(-c5ccc(F)cc5F)nc43)[C@H](C)[C@H]12. The maximum Gasteiger partial charge on any atom is 0.407 e. The van der Waals surface area contributed by atoms with Gasteiger partial charge in [0.15, 0.2) is 0 Å². The van der Waals surface area contributed by atoms with Gasteiger partial charge in [-0.2, -0.15) is 0 Å². The zero-order valence-electron chi connectivity index (χ0n) is 25.2. The van der Waals surface area contributed by atoms with Gasteiger partial charge in [0.2, 0.25) is 11.3 Å². The van der Waals surface area contributed by atoms with Gasteiger partial charge in [0.05, 0.1) is 35.5 Å². The van der Waals surface area contributed by atoms with Crippen molar-refractivity contribution < 1.29 is 52.4 Å². The van der Waals surface area contributed by atoms with Crippen LogP contribution in [0.25, 0.3) is 22.3 Å². The number of alkyl carbamates (subject to hydrolysis) is 1. The summed E-state index contributed by atoms with van der Waals surface area (Å²) >= 11 is 0. The highest BCUT2D eigenvalue weighted by Gasteiger charge is 2.60. The fourth-order valence-corrected chi connectivity index (χ4v) is 6.80. The second kappa shape index (κ2) is 12.1. The second-order valence-electron chi connectivity index (χ2n) is 11.9. The van der Waals surface area contributed by atoms with Gasteiger partial charge in [0.1, 0.15) is 46.7 Å². The van der Waals surface area contributed by atoms with Crippen molar-refractivity contribution in [1.82, 2.24) is 25.1 Å². The molecule has 0 saturated carbocycles. The van der Waals surface area contributed by atoms with Gasteiger partial charge < -0.3 is 40.2 Å². The lowest BCUT2D eigenvalue weighted by molar-refractivity contribution is -0.163. The third-order valence-electron chi connectivity index (χ3n) is 9.09. The highest BCUT2D eigenvalue weighted by Crippen LogP contribution is 2.47. The Kier molecular flexibility index (Phi) is 8.20. The molecule has 0 aliphatic carbocycles. The Bertz CT molecular complexity index is 2000. The van der Waals surface area contributed by atoms with Crippen molar-refractivity contribution in [1.29, 1.82) is 0 Å². The Labute approximate surface area is 268 Å². The molecule has 2 amide bonds. The smallest absolute Gasteiger partial charge is 0.407 e. The van der Waals surface area contributed by atoms with E-state index < -0.39 is 112 Å². The highest BCUT2D eigenvalue weighted by atomic mass is 19.1. The zero-order chi connectivity index (χ0) is 34.8. The number of halogens is 3. The molecule has 3 aliphatic heterocycles. The maximum absolute atomic E-state index is 15.2. The first kappa shape index (κ1) is 32.6. The lowest BCUT2D eigenvalue weighted by atomic mass is 9.78. The lowest BCUT2D eigenvalue weighted by Crippen LogP contribution is -2.63. The second-order valence-corrected chi connectivity index (χ2v) is 11.9. The van der Waals surface area contributed by atoms with Crippen LogP contribution in [0, 0.1) is 29.3 Å². The van der Waals surface area contributed by atoms with E-state index >= 15 is 4.39 Å². The Morgan fingerprint density at radius 2 is 1.83 bits per heavy atom. The molecular weight excluding hydrogens is 643 g/mol. The first-order valence-electron chi connectivity index (χ1n) is 14.8. The molecule has 5 N–H and O–H groups in total. The minimum Gasteiger partial charge on any atom is -0.477 e. The summed E-state index contributed by atoms with van der Waals surface area (Å²) in [5.41, 5.74) is -3.16. The molecule has 6 rings (SSSR count). The van der Waals surface area contributed by atoms with Crippen LogP contribution in [0.2, 0.25) is 0 Å². The summed E-state index contributed by atoms with van der Waals surface area (Å²) in [7, 11) is 0.